The summed E-state index contributed by atoms with van der Waals surface area (Å²) in [6.45, 7) is 0.435. The molecule has 88 valence electrons. The molecule has 0 aliphatic carbocycles. The summed E-state index contributed by atoms with van der Waals surface area (Å²) in [4.78, 5) is 0. The summed E-state index contributed by atoms with van der Waals surface area (Å²) in [6, 6.07) is 2.80. The maximum atomic E-state index is 13.7. The number of halogens is 3. The highest BCUT2D eigenvalue weighted by Crippen LogP contribution is 2.38. The molecule has 0 radical (unpaired) electrons. The van der Waals surface area contributed by atoms with Gasteiger partial charge in [-0.2, -0.15) is 0 Å². The summed E-state index contributed by atoms with van der Waals surface area (Å²) in [6.07, 6.45) is 0.118. The largest absolute Gasteiger partial charge is 0.393 e. The summed E-state index contributed by atoms with van der Waals surface area (Å²) in [7, 11) is 0. The molecule has 1 aliphatic rings. The Morgan fingerprint density at radius 2 is 2.25 bits per heavy atom. The van der Waals surface area contributed by atoms with Crippen molar-refractivity contribution in [2.45, 2.75) is 25.0 Å². The van der Waals surface area contributed by atoms with Gasteiger partial charge in [-0.1, -0.05) is 11.6 Å². The molecule has 2 nitrogen and oxygen atoms in total. The Kier molecular flexibility index (Phi) is 3.85. The van der Waals surface area contributed by atoms with Gasteiger partial charge in [0.2, 0.25) is 0 Å². The smallest absolute Gasteiger partial charge is 0.130 e. The van der Waals surface area contributed by atoms with Gasteiger partial charge in [0.25, 0.3) is 0 Å². The highest BCUT2D eigenvalue weighted by Gasteiger charge is 2.27. The van der Waals surface area contributed by atoms with E-state index in [1.54, 1.807) is 0 Å². The predicted molar refractivity (Wildman–Crippen MR) is 63.0 cm³/mol. The molecule has 2 rings (SSSR count). The van der Waals surface area contributed by atoms with E-state index in [1.807, 2.05) is 0 Å². The van der Waals surface area contributed by atoms with Gasteiger partial charge in [0.05, 0.1) is 17.2 Å². The van der Waals surface area contributed by atoms with Crippen LogP contribution >= 0.6 is 27.5 Å². The third-order valence-electron chi connectivity index (χ3n) is 2.66. The van der Waals surface area contributed by atoms with Gasteiger partial charge in [-0.15, -0.1) is 0 Å². The van der Waals surface area contributed by atoms with Crippen molar-refractivity contribution in [3.8, 4) is 0 Å². The molecular formula is C11H11BrClFO2. The second-order valence-electron chi connectivity index (χ2n) is 3.79. The van der Waals surface area contributed by atoms with E-state index in [9.17, 15) is 9.50 Å². The third-order valence-corrected chi connectivity index (χ3v) is 4.06. The molecule has 0 spiro atoms. The van der Waals surface area contributed by atoms with Crippen molar-refractivity contribution in [1.29, 1.82) is 0 Å². The number of aliphatic hydroxyl groups excluding tert-OH is 1. The van der Waals surface area contributed by atoms with Crippen LogP contribution in [-0.4, -0.2) is 17.8 Å². The van der Waals surface area contributed by atoms with E-state index in [1.165, 1.54) is 12.1 Å². The van der Waals surface area contributed by atoms with Crippen LogP contribution in [0.4, 0.5) is 4.39 Å². The van der Waals surface area contributed by atoms with Crippen molar-refractivity contribution in [3.63, 3.8) is 0 Å². The topological polar surface area (TPSA) is 29.5 Å². The average molecular weight is 310 g/mol. The van der Waals surface area contributed by atoms with Gasteiger partial charge in [-0.25, -0.2) is 4.39 Å². The maximum absolute atomic E-state index is 13.7. The molecule has 0 amide bonds. The Bertz CT molecular complexity index is 400. The summed E-state index contributed by atoms with van der Waals surface area (Å²) in [5.74, 6) is -0.365. The summed E-state index contributed by atoms with van der Waals surface area (Å²) in [5, 5.41) is 9.99. The SMILES string of the molecule is OC1CCOC(c2c(F)ccc(Cl)c2Br)C1. The Morgan fingerprint density at radius 1 is 1.50 bits per heavy atom. The van der Waals surface area contributed by atoms with Crippen molar-refractivity contribution in [2.24, 2.45) is 0 Å². The third kappa shape index (κ3) is 2.40. The lowest BCUT2D eigenvalue weighted by molar-refractivity contribution is -0.0464. The molecule has 1 fully saturated rings. The van der Waals surface area contributed by atoms with Crippen molar-refractivity contribution in [1.82, 2.24) is 0 Å². The van der Waals surface area contributed by atoms with Gasteiger partial charge in [0, 0.05) is 23.1 Å². The van der Waals surface area contributed by atoms with Crippen LogP contribution in [0, 0.1) is 5.82 Å². The normalized spacial score (nSPS) is 25.8. The lowest BCUT2D eigenvalue weighted by atomic mass is 9.99. The van der Waals surface area contributed by atoms with Crippen LogP contribution in [0.3, 0.4) is 0 Å². The van der Waals surface area contributed by atoms with Crippen molar-refractivity contribution >= 4 is 27.5 Å². The molecule has 2 unspecified atom stereocenters. The first-order chi connectivity index (χ1) is 7.59. The Hall–Kier alpha value is -0.160. The molecule has 16 heavy (non-hydrogen) atoms. The molecule has 2 atom stereocenters. The summed E-state index contributed by atoms with van der Waals surface area (Å²) >= 11 is 9.16. The predicted octanol–water partition coefficient (Wildman–Crippen LogP) is 3.45. The molecule has 1 heterocycles. The fourth-order valence-electron chi connectivity index (χ4n) is 1.82. The first-order valence-corrected chi connectivity index (χ1v) is 6.19. The summed E-state index contributed by atoms with van der Waals surface area (Å²) in [5.41, 5.74) is 0.395. The molecule has 0 bridgehead atoms. The molecular weight excluding hydrogens is 298 g/mol. The van der Waals surface area contributed by atoms with Crippen LogP contribution in [0.1, 0.15) is 24.5 Å². The first kappa shape index (κ1) is 12.3. The molecule has 1 N–H and O–H groups in total. The van der Waals surface area contributed by atoms with Gasteiger partial charge in [0.15, 0.2) is 0 Å². The Balaban J connectivity index is 2.35. The number of hydrogen-bond donors (Lipinski definition) is 1. The minimum Gasteiger partial charge on any atom is -0.393 e. The number of hydrogen-bond acceptors (Lipinski definition) is 2. The van der Waals surface area contributed by atoms with Crippen LogP contribution in [0.5, 0.6) is 0 Å². The Labute approximate surface area is 106 Å². The monoisotopic (exact) mass is 308 g/mol. The number of rotatable bonds is 1. The molecule has 5 heteroatoms. The first-order valence-electron chi connectivity index (χ1n) is 5.02. The van der Waals surface area contributed by atoms with Gasteiger partial charge in [-0.3, -0.25) is 0 Å². The molecule has 1 aliphatic heterocycles. The molecule has 1 aromatic carbocycles. The Morgan fingerprint density at radius 3 is 2.94 bits per heavy atom. The maximum Gasteiger partial charge on any atom is 0.130 e. The second-order valence-corrected chi connectivity index (χ2v) is 4.99. The van der Waals surface area contributed by atoms with Crippen molar-refractivity contribution in [2.75, 3.05) is 6.61 Å². The van der Waals surface area contributed by atoms with Crippen molar-refractivity contribution < 1.29 is 14.2 Å². The number of aliphatic hydroxyl groups is 1. The number of benzene rings is 1. The van der Waals surface area contributed by atoms with Crippen molar-refractivity contribution in [3.05, 3.63) is 33.0 Å². The molecule has 0 saturated carbocycles. The second kappa shape index (κ2) is 5.00. The van der Waals surface area contributed by atoms with E-state index in [-0.39, 0.29) is 5.82 Å². The highest BCUT2D eigenvalue weighted by atomic mass is 79.9. The lowest BCUT2D eigenvalue weighted by Crippen LogP contribution is -2.24. The zero-order valence-electron chi connectivity index (χ0n) is 8.42. The van der Waals surface area contributed by atoms with E-state index in [0.29, 0.717) is 34.5 Å². The van der Waals surface area contributed by atoms with E-state index < -0.39 is 12.2 Å². The van der Waals surface area contributed by atoms with Gasteiger partial charge in [-0.05, 0) is 34.5 Å². The van der Waals surface area contributed by atoms with Gasteiger partial charge in [0.1, 0.15) is 5.82 Å². The van der Waals surface area contributed by atoms with Crippen LogP contribution in [-0.2, 0) is 4.74 Å². The zero-order chi connectivity index (χ0) is 11.7. The van der Waals surface area contributed by atoms with E-state index in [0.717, 1.165) is 0 Å². The quantitative estimate of drug-likeness (QED) is 0.805. The van der Waals surface area contributed by atoms with E-state index >= 15 is 0 Å². The molecule has 1 aromatic rings. The standard InChI is InChI=1S/C11H11BrClFO2/c12-11-7(13)1-2-8(14)10(11)9-5-6(15)3-4-16-9/h1-2,6,9,15H,3-5H2. The van der Waals surface area contributed by atoms with E-state index in [4.69, 9.17) is 16.3 Å². The van der Waals surface area contributed by atoms with Gasteiger partial charge >= 0.3 is 0 Å². The van der Waals surface area contributed by atoms with Crippen LogP contribution in [0.25, 0.3) is 0 Å². The van der Waals surface area contributed by atoms with Crippen LogP contribution in [0.15, 0.2) is 16.6 Å². The van der Waals surface area contributed by atoms with E-state index in [2.05, 4.69) is 15.9 Å². The summed E-state index contributed by atoms with van der Waals surface area (Å²) < 4.78 is 19.7. The average Bonchev–Trinajstić information content (AvgIpc) is 2.24. The highest BCUT2D eigenvalue weighted by molar-refractivity contribution is 9.10. The minimum absolute atomic E-state index is 0.365. The molecule has 1 saturated heterocycles. The fraction of sp³-hybridized carbons (Fsp3) is 0.455. The zero-order valence-corrected chi connectivity index (χ0v) is 10.8. The van der Waals surface area contributed by atoms with Crippen LogP contribution in [0.2, 0.25) is 5.02 Å². The fourth-order valence-corrected chi connectivity index (χ4v) is 2.56. The lowest BCUT2D eigenvalue weighted by Gasteiger charge is -2.27. The van der Waals surface area contributed by atoms with Gasteiger partial charge < -0.3 is 9.84 Å². The minimum atomic E-state index is -0.441. The number of ether oxygens (including phenoxy) is 1. The molecule has 0 aromatic heterocycles. The van der Waals surface area contributed by atoms with Crippen LogP contribution < -0.4 is 0 Å².